The van der Waals surface area contributed by atoms with Gasteiger partial charge in [-0.05, 0) is 25.7 Å². The van der Waals surface area contributed by atoms with Crippen molar-refractivity contribution in [2.45, 2.75) is 57.4 Å². The lowest BCUT2D eigenvalue weighted by Gasteiger charge is -2.31. The van der Waals surface area contributed by atoms with Crippen molar-refractivity contribution in [2.75, 3.05) is 13.1 Å². The molecule has 3 N–H and O–H groups in total. The summed E-state index contributed by atoms with van der Waals surface area (Å²) in [7, 11) is 0. The number of piperidine rings is 1. The van der Waals surface area contributed by atoms with Crippen LogP contribution in [0.1, 0.15) is 51.4 Å². The summed E-state index contributed by atoms with van der Waals surface area (Å²) in [5, 5.41) is 3.17. The summed E-state index contributed by atoms with van der Waals surface area (Å²) in [6.07, 6.45) is 8.91. The Kier molecular flexibility index (Phi) is 5.05. The maximum Gasteiger partial charge on any atom is 0.314 e. The minimum atomic E-state index is -0.410. The van der Waals surface area contributed by atoms with Gasteiger partial charge in [-0.25, -0.2) is 4.79 Å². The summed E-state index contributed by atoms with van der Waals surface area (Å²) in [5.41, 5.74) is 5.29. The van der Waals surface area contributed by atoms with Crippen LogP contribution in [0.4, 0.5) is 4.79 Å². The third-order valence-electron chi connectivity index (χ3n) is 4.31. The number of nitrogens with two attached hydrogens (primary N) is 1. The lowest BCUT2D eigenvalue weighted by molar-refractivity contribution is -0.127. The van der Waals surface area contributed by atoms with Gasteiger partial charge in [-0.1, -0.05) is 25.7 Å². The van der Waals surface area contributed by atoms with Gasteiger partial charge in [0.25, 0.3) is 0 Å². The molecule has 1 saturated carbocycles. The Morgan fingerprint density at radius 2 is 1.68 bits per heavy atom. The summed E-state index contributed by atoms with van der Waals surface area (Å²) in [6, 6.07) is -0.0779. The van der Waals surface area contributed by atoms with E-state index in [1.165, 1.54) is 25.7 Å². The van der Waals surface area contributed by atoms with Crippen molar-refractivity contribution in [3.05, 3.63) is 0 Å². The van der Waals surface area contributed by atoms with Gasteiger partial charge in [0, 0.05) is 19.1 Å². The van der Waals surface area contributed by atoms with Crippen LogP contribution in [0.2, 0.25) is 0 Å². The summed E-state index contributed by atoms with van der Waals surface area (Å²) < 4.78 is 0. The Morgan fingerprint density at radius 1 is 1.00 bits per heavy atom. The lowest BCUT2D eigenvalue weighted by atomic mass is 9.96. The number of urea groups is 1. The summed E-state index contributed by atoms with van der Waals surface area (Å²) in [5.74, 6) is 0.0300. The minimum Gasteiger partial charge on any atom is -0.353 e. The number of rotatable bonds is 2. The molecule has 5 heteroatoms. The van der Waals surface area contributed by atoms with E-state index in [0.717, 1.165) is 25.7 Å². The lowest BCUT2D eigenvalue weighted by Crippen LogP contribution is -2.48. The fourth-order valence-electron chi connectivity index (χ4n) is 3.13. The number of nitrogens with zero attached hydrogens (tertiary/aromatic N) is 1. The van der Waals surface area contributed by atoms with Crippen LogP contribution < -0.4 is 11.1 Å². The van der Waals surface area contributed by atoms with Crippen molar-refractivity contribution in [1.82, 2.24) is 10.2 Å². The van der Waals surface area contributed by atoms with E-state index >= 15 is 0 Å². The van der Waals surface area contributed by atoms with Crippen LogP contribution in [0, 0.1) is 5.92 Å². The standard InChI is InChI=1S/C14H25N3O2/c15-14(19)17-9-5-6-11(10-17)13(18)16-12-7-3-1-2-4-8-12/h11-12H,1-10H2,(H2,15,19)(H,16,18)/t11-/m1/s1. The molecule has 3 amide bonds. The monoisotopic (exact) mass is 267 g/mol. The molecule has 1 aliphatic carbocycles. The first-order chi connectivity index (χ1) is 9.16. The molecule has 0 spiro atoms. The third-order valence-corrected chi connectivity index (χ3v) is 4.31. The van der Waals surface area contributed by atoms with Crippen LogP contribution in [0.5, 0.6) is 0 Å². The Morgan fingerprint density at radius 3 is 2.32 bits per heavy atom. The van der Waals surface area contributed by atoms with E-state index in [-0.39, 0.29) is 11.8 Å². The van der Waals surface area contributed by atoms with E-state index in [2.05, 4.69) is 5.32 Å². The maximum atomic E-state index is 12.3. The predicted molar refractivity (Wildman–Crippen MR) is 73.5 cm³/mol. The minimum absolute atomic E-state index is 0.0792. The molecule has 1 saturated heterocycles. The average molecular weight is 267 g/mol. The van der Waals surface area contributed by atoms with E-state index in [9.17, 15) is 9.59 Å². The number of primary amides is 1. The molecule has 1 atom stereocenters. The molecule has 0 unspecified atom stereocenters. The highest BCUT2D eigenvalue weighted by molar-refractivity contribution is 5.80. The van der Waals surface area contributed by atoms with E-state index in [0.29, 0.717) is 19.1 Å². The largest absolute Gasteiger partial charge is 0.353 e. The van der Waals surface area contributed by atoms with Crippen molar-refractivity contribution < 1.29 is 9.59 Å². The maximum absolute atomic E-state index is 12.3. The van der Waals surface area contributed by atoms with Crippen molar-refractivity contribution in [1.29, 1.82) is 0 Å². The fourth-order valence-corrected chi connectivity index (χ4v) is 3.13. The van der Waals surface area contributed by atoms with Crippen molar-refractivity contribution in [2.24, 2.45) is 11.7 Å². The van der Waals surface area contributed by atoms with Crippen LogP contribution >= 0.6 is 0 Å². The first-order valence-corrected chi connectivity index (χ1v) is 7.51. The highest BCUT2D eigenvalue weighted by Crippen LogP contribution is 2.20. The van der Waals surface area contributed by atoms with Gasteiger partial charge in [0.05, 0.1) is 5.92 Å². The second kappa shape index (κ2) is 6.78. The molecule has 1 heterocycles. The third kappa shape index (κ3) is 4.11. The number of carbonyl (C=O) groups excluding carboxylic acids is 2. The van der Waals surface area contributed by atoms with Crippen LogP contribution in [0.3, 0.4) is 0 Å². The Hall–Kier alpha value is -1.26. The van der Waals surface area contributed by atoms with E-state index in [1.807, 2.05) is 0 Å². The van der Waals surface area contributed by atoms with Gasteiger partial charge >= 0.3 is 6.03 Å². The van der Waals surface area contributed by atoms with E-state index in [4.69, 9.17) is 5.73 Å². The van der Waals surface area contributed by atoms with Gasteiger partial charge in [-0.15, -0.1) is 0 Å². The molecule has 5 nitrogen and oxygen atoms in total. The van der Waals surface area contributed by atoms with Crippen LogP contribution in [-0.2, 0) is 4.79 Å². The topological polar surface area (TPSA) is 75.4 Å². The quantitative estimate of drug-likeness (QED) is 0.746. The molecule has 0 bridgehead atoms. The molecule has 0 radical (unpaired) electrons. The molecule has 2 aliphatic rings. The van der Waals surface area contributed by atoms with E-state index in [1.54, 1.807) is 4.90 Å². The fraction of sp³-hybridized carbons (Fsp3) is 0.857. The molecular formula is C14H25N3O2. The molecule has 1 aliphatic heterocycles. The number of carbonyl (C=O) groups is 2. The first kappa shape index (κ1) is 14.2. The second-order valence-corrected chi connectivity index (χ2v) is 5.82. The highest BCUT2D eigenvalue weighted by atomic mass is 16.2. The molecule has 0 aromatic heterocycles. The number of amides is 3. The number of hydrogen-bond acceptors (Lipinski definition) is 2. The molecule has 2 fully saturated rings. The van der Waals surface area contributed by atoms with Crippen LogP contribution in [0.15, 0.2) is 0 Å². The molecule has 108 valence electrons. The van der Waals surface area contributed by atoms with E-state index < -0.39 is 6.03 Å². The highest BCUT2D eigenvalue weighted by Gasteiger charge is 2.28. The Balaban J connectivity index is 1.83. The van der Waals surface area contributed by atoms with Gasteiger partial charge < -0.3 is 16.0 Å². The molecule has 0 aromatic rings. The zero-order chi connectivity index (χ0) is 13.7. The molecule has 0 aromatic carbocycles. The number of hydrogen-bond donors (Lipinski definition) is 2. The summed E-state index contributed by atoms with van der Waals surface area (Å²) in [4.78, 5) is 25.0. The van der Waals surface area contributed by atoms with Crippen molar-refractivity contribution in [3.63, 3.8) is 0 Å². The second-order valence-electron chi connectivity index (χ2n) is 5.82. The van der Waals surface area contributed by atoms with Gasteiger partial charge in [0.15, 0.2) is 0 Å². The van der Waals surface area contributed by atoms with Gasteiger partial charge in [-0.3, -0.25) is 4.79 Å². The smallest absolute Gasteiger partial charge is 0.314 e. The van der Waals surface area contributed by atoms with Crippen molar-refractivity contribution in [3.8, 4) is 0 Å². The SMILES string of the molecule is NC(=O)N1CCC[C@@H](C(=O)NC2CCCCCC2)C1. The van der Waals surface area contributed by atoms with Crippen LogP contribution in [0.25, 0.3) is 0 Å². The molecule has 2 rings (SSSR count). The van der Waals surface area contributed by atoms with Gasteiger partial charge in [0.1, 0.15) is 0 Å². The first-order valence-electron chi connectivity index (χ1n) is 7.51. The van der Waals surface area contributed by atoms with Crippen molar-refractivity contribution >= 4 is 11.9 Å². The molecular weight excluding hydrogens is 242 g/mol. The zero-order valence-electron chi connectivity index (χ0n) is 11.6. The predicted octanol–water partition coefficient (Wildman–Crippen LogP) is 1.62. The van der Waals surface area contributed by atoms with Gasteiger partial charge in [-0.2, -0.15) is 0 Å². The zero-order valence-corrected chi connectivity index (χ0v) is 11.6. The molecule has 19 heavy (non-hydrogen) atoms. The normalized spacial score (nSPS) is 25.7. The Bertz CT molecular complexity index is 325. The van der Waals surface area contributed by atoms with Gasteiger partial charge in [0.2, 0.25) is 5.91 Å². The van der Waals surface area contributed by atoms with Crippen LogP contribution in [-0.4, -0.2) is 36.0 Å². The Labute approximate surface area is 114 Å². The summed E-state index contributed by atoms with van der Waals surface area (Å²) >= 11 is 0. The number of nitrogens with one attached hydrogen (secondary N) is 1. The summed E-state index contributed by atoms with van der Waals surface area (Å²) in [6.45, 7) is 1.16. The number of likely N-dealkylation sites (tertiary alicyclic amines) is 1. The average Bonchev–Trinajstić information content (AvgIpc) is 2.67.